The van der Waals surface area contributed by atoms with Gasteiger partial charge in [0.2, 0.25) is 0 Å². The number of fused-ring (bicyclic) bond motifs is 1. The molecule has 2 rings (SSSR count). The van der Waals surface area contributed by atoms with Gasteiger partial charge in [-0.3, -0.25) is 4.79 Å². The topological polar surface area (TPSA) is 38.3 Å². The Morgan fingerprint density at radius 3 is 3.18 bits per heavy atom. The van der Waals surface area contributed by atoms with E-state index >= 15 is 0 Å². The predicted molar refractivity (Wildman–Crippen MR) is 67.3 cm³/mol. The van der Waals surface area contributed by atoms with Crippen molar-refractivity contribution in [2.75, 3.05) is 13.2 Å². The van der Waals surface area contributed by atoms with Gasteiger partial charge in [-0.05, 0) is 37.0 Å². The summed E-state index contributed by atoms with van der Waals surface area (Å²) in [6.07, 6.45) is 2.82. The molecule has 0 aromatic heterocycles. The molecule has 1 aromatic rings. The molecule has 0 atom stereocenters. The van der Waals surface area contributed by atoms with Crippen molar-refractivity contribution in [1.29, 1.82) is 0 Å². The van der Waals surface area contributed by atoms with Crippen LogP contribution in [-0.2, 0) is 17.8 Å². The van der Waals surface area contributed by atoms with Crippen LogP contribution in [0.1, 0.15) is 30.9 Å². The highest BCUT2D eigenvalue weighted by atomic mass is 16.5. The molecule has 0 radical (unpaired) electrons. The average molecular weight is 233 g/mol. The summed E-state index contributed by atoms with van der Waals surface area (Å²) in [5.41, 5.74) is 2.57. The Hall–Kier alpha value is -1.35. The van der Waals surface area contributed by atoms with Crippen molar-refractivity contribution in [3.8, 4) is 5.75 Å². The highest BCUT2D eigenvalue weighted by Gasteiger charge is 2.10. The van der Waals surface area contributed by atoms with Crippen molar-refractivity contribution >= 4 is 5.78 Å². The fraction of sp³-hybridized carbons (Fsp3) is 0.500. The SMILES string of the molecule is CC(=O)CCNCc1ccc2c(c1)CCCO2. The molecule has 1 aromatic carbocycles. The maximum absolute atomic E-state index is 10.8. The lowest BCUT2D eigenvalue weighted by atomic mass is 10.0. The Labute approximate surface area is 102 Å². The van der Waals surface area contributed by atoms with E-state index in [1.807, 2.05) is 0 Å². The second-order valence-corrected chi connectivity index (χ2v) is 4.52. The molecule has 0 fully saturated rings. The molecule has 3 nitrogen and oxygen atoms in total. The molecule has 0 amide bonds. The zero-order valence-electron chi connectivity index (χ0n) is 10.3. The maximum Gasteiger partial charge on any atom is 0.131 e. The van der Waals surface area contributed by atoms with Crippen LogP contribution in [0, 0.1) is 0 Å². The molecule has 17 heavy (non-hydrogen) atoms. The summed E-state index contributed by atoms with van der Waals surface area (Å²) >= 11 is 0. The van der Waals surface area contributed by atoms with Crippen molar-refractivity contribution in [2.24, 2.45) is 0 Å². The number of hydrogen-bond donors (Lipinski definition) is 1. The molecule has 1 aliphatic heterocycles. The Morgan fingerprint density at radius 1 is 1.47 bits per heavy atom. The molecule has 92 valence electrons. The Balaban J connectivity index is 1.86. The van der Waals surface area contributed by atoms with E-state index in [2.05, 4.69) is 23.5 Å². The second-order valence-electron chi connectivity index (χ2n) is 4.52. The molecule has 1 aliphatic rings. The number of nitrogens with one attached hydrogen (secondary N) is 1. The number of ketones is 1. The second kappa shape index (κ2) is 5.82. The number of rotatable bonds is 5. The molecule has 3 heteroatoms. The van der Waals surface area contributed by atoms with Gasteiger partial charge in [-0.1, -0.05) is 12.1 Å². The summed E-state index contributed by atoms with van der Waals surface area (Å²) in [6.45, 7) is 4.03. The summed E-state index contributed by atoms with van der Waals surface area (Å²) in [7, 11) is 0. The van der Waals surface area contributed by atoms with Gasteiger partial charge in [0.25, 0.3) is 0 Å². The molecule has 0 aliphatic carbocycles. The first-order valence-electron chi connectivity index (χ1n) is 6.20. The monoisotopic (exact) mass is 233 g/mol. The Bertz CT molecular complexity index is 401. The van der Waals surface area contributed by atoms with E-state index in [1.54, 1.807) is 6.92 Å². The zero-order valence-corrected chi connectivity index (χ0v) is 10.3. The number of carbonyl (C=O) groups is 1. The molecule has 1 heterocycles. The molecular formula is C14H19NO2. The lowest BCUT2D eigenvalue weighted by molar-refractivity contribution is -0.116. The number of benzene rings is 1. The van der Waals surface area contributed by atoms with Gasteiger partial charge >= 0.3 is 0 Å². The summed E-state index contributed by atoms with van der Waals surface area (Å²) < 4.78 is 5.57. The predicted octanol–water partition coefficient (Wildman–Crippen LogP) is 2.08. The van der Waals surface area contributed by atoms with Gasteiger partial charge in [-0.2, -0.15) is 0 Å². The highest BCUT2D eigenvalue weighted by Crippen LogP contribution is 2.25. The summed E-state index contributed by atoms with van der Waals surface area (Å²) in [5.74, 6) is 1.26. The quantitative estimate of drug-likeness (QED) is 0.791. The van der Waals surface area contributed by atoms with Crippen LogP contribution in [0.25, 0.3) is 0 Å². The average Bonchev–Trinajstić information content (AvgIpc) is 2.34. The third-order valence-electron chi connectivity index (χ3n) is 2.96. The van der Waals surface area contributed by atoms with Gasteiger partial charge in [-0.25, -0.2) is 0 Å². The molecule has 1 N–H and O–H groups in total. The van der Waals surface area contributed by atoms with E-state index in [-0.39, 0.29) is 5.78 Å². The van der Waals surface area contributed by atoms with E-state index in [1.165, 1.54) is 11.1 Å². The molecular weight excluding hydrogens is 214 g/mol. The van der Waals surface area contributed by atoms with Crippen molar-refractivity contribution < 1.29 is 9.53 Å². The lowest BCUT2D eigenvalue weighted by Crippen LogP contribution is -2.17. The van der Waals surface area contributed by atoms with Gasteiger partial charge in [0.05, 0.1) is 6.61 Å². The fourth-order valence-electron chi connectivity index (χ4n) is 2.02. The van der Waals surface area contributed by atoms with Crippen LogP contribution < -0.4 is 10.1 Å². The fourth-order valence-corrected chi connectivity index (χ4v) is 2.02. The van der Waals surface area contributed by atoms with E-state index in [4.69, 9.17) is 4.74 Å². The summed E-state index contributed by atoms with van der Waals surface area (Å²) in [5, 5.41) is 3.28. The van der Waals surface area contributed by atoms with Crippen LogP contribution in [0.4, 0.5) is 0 Å². The van der Waals surface area contributed by atoms with Crippen molar-refractivity contribution in [3.63, 3.8) is 0 Å². The first-order valence-corrected chi connectivity index (χ1v) is 6.20. The number of ether oxygens (including phenoxy) is 1. The van der Waals surface area contributed by atoms with Crippen LogP contribution >= 0.6 is 0 Å². The Kier molecular flexibility index (Phi) is 4.15. The van der Waals surface area contributed by atoms with E-state index in [0.29, 0.717) is 6.42 Å². The van der Waals surface area contributed by atoms with Gasteiger partial charge in [0.1, 0.15) is 11.5 Å². The number of hydrogen-bond acceptors (Lipinski definition) is 3. The van der Waals surface area contributed by atoms with Gasteiger partial charge in [0, 0.05) is 19.5 Å². The van der Waals surface area contributed by atoms with Crippen LogP contribution in [0.5, 0.6) is 5.75 Å². The minimum Gasteiger partial charge on any atom is -0.493 e. The number of carbonyl (C=O) groups excluding carboxylic acids is 1. The maximum atomic E-state index is 10.8. The third kappa shape index (κ3) is 3.56. The first-order chi connectivity index (χ1) is 8.25. The van der Waals surface area contributed by atoms with E-state index in [0.717, 1.165) is 38.3 Å². The van der Waals surface area contributed by atoms with Crippen molar-refractivity contribution in [3.05, 3.63) is 29.3 Å². The molecule has 0 spiro atoms. The van der Waals surface area contributed by atoms with Crippen LogP contribution in [0.15, 0.2) is 18.2 Å². The minimum absolute atomic E-state index is 0.233. The Morgan fingerprint density at radius 2 is 2.35 bits per heavy atom. The van der Waals surface area contributed by atoms with Crippen LogP contribution in [0.2, 0.25) is 0 Å². The van der Waals surface area contributed by atoms with Crippen molar-refractivity contribution in [1.82, 2.24) is 5.32 Å². The molecule has 0 saturated carbocycles. The first kappa shape index (κ1) is 12.1. The van der Waals surface area contributed by atoms with Gasteiger partial charge in [-0.15, -0.1) is 0 Å². The normalized spacial score (nSPS) is 13.9. The van der Waals surface area contributed by atoms with Gasteiger partial charge < -0.3 is 10.1 Å². The van der Waals surface area contributed by atoms with E-state index < -0.39 is 0 Å². The molecule has 0 unspecified atom stereocenters. The standard InChI is InChI=1S/C14H19NO2/c1-11(16)6-7-15-10-12-4-5-14-13(9-12)3-2-8-17-14/h4-5,9,15H,2-3,6-8,10H2,1H3. The zero-order chi connectivity index (χ0) is 12.1. The highest BCUT2D eigenvalue weighted by molar-refractivity contribution is 5.75. The number of aryl methyl sites for hydroxylation is 1. The van der Waals surface area contributed by atoms with E-state index in [9.17, 15) is 4.79 Å². The summed E-state index contributed by atoms with van der Waals surface area (Å²) in [4.78, 5) is 10.8. The molecule has 0 saturated heterocycles. The van der Waals surface area contributed by atoms with Crippen LogP contribution in [-0.4, -0.2) is 18.9 Å². The van der Waals surface area contributed by atoms with Gasteiger partial charge in [0.15, 0.2) is 0 Å². The smallest absolute Gasteiger partial charge is 0.131 e. The summed E-state index contributed by atoms with van der Waals surface area (Å²) in [6, 6.07) is 6.34. The molecule has 0 bridgehead atoms. The minimum atomic E-state index is 0.233. The third-order valence-corrected chi connectivity index (χ3v) is 2.96. The van der Waals surface area contributed by atoms with Crippen LogP contribution in [0.3, 0.4) is 0 Å². The number of Topliss-reactive ketones (excluding diaryl/α,β-unsaturated/α-hetero) is 1. The largest absolute Gasteiger partial charge is 0.493 e. The van der Waals surface area contributed by atoms with Crippen molar-refractivity contribution in [2.45, 2.75) is 32.7 Å². The lowest BCUT2D eigenvalue weighted by Gasteiger charge is -2.18.